The van der Waals surface area contributed by atoms with E-state index in [4.69, 9.17) is 11.6 Å². The topological polar surface area (TPSA) is 104 Å². The molecule has 0 unspecified atom stereocenters. The molecule has 1 heterocycles. The monoisotopic (exact) mass is 253 g/mol. The lowest BCUT2D eigenvalue weighted by molar-refractivity contribution is 0.0947. The van der Waals surface area contributed by atoms with Gasteiger partial charge in [0, 0.05) is 5.02 Å². The van der Waals surface area contributed by atoms with Gasteiger partial charge in [0.2, 0.25) is 0 Å². The Morgan fingerprint density at radius 2 is 2.35 bits per heavy atom. The van der Waals surface area contributed by atoms with Gasteiger partial charge in [-0.3, -0.25) is 4.79 Å². The number of halogens is 1. The molecule has 3 N–H and O–H groups in total. The molecule has 8 heteroatoms. The highest BCUT2D eigenvalue weighted by atomic mass is 35.5. The molecule has 0 atom stereocenters. The van der Waals surface area contributed by atoms with Crippen molar-refractivity contribution in [3.8, 4) is 5.75 Å². The number of phenols is 1. The number of benzene rings is 1. The Morgan fingerprint density at radius 3 is 3.00 bits per heavy atom. The number of aromatic hydroxyl groups is 1. The van der Waals surface area contributed by atoms with Gasteiger partial charge in [0.15, 0.2) is 5.82 Å². The lowest BCUT2D eigenvalue weighted by Crippen LogP contribution is -2.23. The van der Waals surface area contributed by atoms with Crippen molar-refractivity contribution in [3.05, 3.63) is 34.6 Å². The third-order valence-corrected chi connectivity index (χ3v) is 2.24. The highest BCUT2D eigenvalue weighted by Crippen LogP contribution is 2.21. The zero-order chi connectivity index (χ0) is 12.3. The number of tetrazole rings is 1. The highest BCUT2D eigenvalue weighted by Gasteiger charge is 2.11. The molecule has 0 aliphatic heterocycles. The van der Waals surface area contributed by atoms with Crippen LogP contribution in [-0.2, 0) is 6.54 Å². The van der Waals surface area contributed by atoms with E-state index in [0.717, 1.165) is 0 Å². The van der Waals surface area contributed by atoms with Gasteiger partial charge >= 0.3 is 0 Å². The van der Waals surface area contributed by atoms with Gasteiger partial charge in [0.25, 0.3) is 5.91 Å². The number of rotatable bonds is 3. The molecule has 88 valence electrons. The normalized spacial score (nSPS) is 10.2. The number of amides is 1. The molecule has 0 saturated carbocycles. The molecule has 7 nitrogen and oxygen atoms in total. The second-order valence-electron chi connectivity index (χ2n) is 3.17. The van der Waals surface area contributed by atoms with Gasteiger partial charge in [0.1, 0.15) is 5.75 Å². The number of carbonyl (C=O) groups excluding carboxylic acids is 1. The van der Waals surface area contributed by atoms with E-state index in [1.807, 2.05) is 0 Å². The van der Waals surface area contributed by atoms with Gasteiger partial charge in [0.05, 0.1) is 12.1 Å². The molecule has 17 heavy (non-hydrogen) atoms. The number of H-pyrrole nitrogens is 1. The van der Waals surface area contributed by atoms with Crippen LogP contribution >= 0.6 is 11.6 Å². The first-order chi connectivity index (χ1) is 8.16. The summed E-state index contributed by atoms with van der Waals surface area (Å²) in [6.07, 6.45) is 0. The molecule has 1 amide bonds. The lowest BCUT2D eigenvalue weighted by Gasteiger charge is -2.04. The zero-order valence-corrected chi connectivity index (χ0v) is 9.27. The number of nitrogens with one attached hydrogen (secondary N) is 2. The molecule has 1 aromatic heterocycles. The summed E-state index contributed by atoms with van der Waals surface area (Å²) in [7, 11) is 0. The fraction of sp³-hybridized carbons (Fsp3) is 0.111. The third kappa shape index (κ3) is 2.70. The molecule has 0 radical (unpaired) electrons. The van der Waals surface area contributed by atoms with E-state index < -0.39 is 5.91 Å². The summed E-state index contributed by atoms with van der Waals surface area (Å²) in [5.41, 5.74) is 0.137. The quantitative estimate of drug-likeness (QED) is 0.738. The van der Waals surface area contributed by atoms with Crippen LogP contribution in [0.5, 0.6) is 5.75 Å². The minimum atomic E-state index is -0.441. The van der Waals surface area contributed by atoms with Crippen molar-refractivity contribution in [1.82, 2.24) is 25.9 Å². The van der Waals surface area contributed by atoms with Gasteiger partial charge in [-0.05, 0) is 18.2 Å². The molecule has 2 rings (SSSR count). The first-order valence-electron chi connectivity index (χ1n) is 4.66. The molecule has 0 aliphatic carbocycles. The number of aromatic nitrogens is 4. The molecule has 2 aromatic rings. The van der Waals surface area contributed by atoms with Gasteiger partial charge in [-0.25, -0.2) is 0 Å². The van der Waals surface area contributed by atoms with E-state index in [1.54, 1.807) is 0 Å². The van der Waals surface area contributed by atoms with Crippen LogP contribution in [0.2, 0.25) is 5.02 Å². The largest absolute Gasteiger partial charge is 0.507 e. The predicted octanol–water partition coefficient (Wildman–Crippen LogP) is 0.489. The first kappa shape index (κ1) is 11.3. The van der Waals surface area contributed by atoms with E-state index in [1.165, 1.54) is 18.2 Å². The Kier molecular flexibility index (Phi) is 3.20. The number of hydrogen-bond donors (Lipinski definition) is 3. The van der Waals surface area contributed by atoms with E-state index in [2.05, 4.69) is 25.9 Å². The Balaban J connectivity index is 2.04. The average molecular weight is 254 g/mol. The molecular weight excluding hydrogens is 246 g/mol. The average Bonchev–Trinajstić information content (AvgIpc) is 2.78. The number of carbonyl (C=O) groups is 1. The number of phenolic OH excluding ortho intramolecular Hbond substituents is 1. The lowest BCUT2D eigenvalue weighted by atomic mass is 10.2. The van der Waals surface area contributed by atoms with Crippen molar-refractivity contribution in [2.75, 3.05) is 0 Å². The van der Waals surface area contributed by atoms with E-state index in [9.17, 15) is 9.90 Å². The van der Waals surface area contributed by atoms with Crippen LogP contribution in [0, 0.1) is 0 Å². The van der Waals surface area contributed by atoms with Crippen LogP contribution < -0.4 is 5.32 Å². The minimum absolute atomic E-state index is 0.122. The predicted molar refractivity (Wildman–Crippen MR) is 58.5 cm³/mol. The van der Waals surface area contributed by atoms with E-state index >= 15 is 0 Å². The fourth-order valence-electron chi connectivity index (χ4n) is 1.21. The van der Waals surface area contributed by atoms with Crippen molar-refractivity contribution in [2.45, 2.75) is 6.54 Å². The molecular formula is C9H8ClN5O2. The van der Waals surface area contributed by atoms with Crippen molar-refractivity contribution in [2.24, 2.45) is 0 Å². The summed E-state index contributed by atoms with van der Waals surface area (Å²) in [5, 5.41) is 25.4. The van der Waals surface area contributed by atoms with Crippen LogP contribution in [0.3, 0.4) is 0 Å². The summed E-state index contributed by atoms with van der Waals surface area (Å²) < 4.78 is 0. The summed E-state index contributed by atoms with van der Waals surface area (Å²) in [5.74, 6) is -0.265. The summed E-state index contributed by atoms with van der Waals surface area (Å²) in [4.78, 5) is 11.7. The fourth-order valence-corrected chi connectivity index (χ4v) is 1.38. The maximum absolute atomic E-state index is 11.7. The molecule has 0 aliphatic rings. The standard InChI is InChI=1S/C9H8ClN5O2/c10-5-1-2-6(7(16)3-5)9(17)11-4-8-12-14-15-13-8/h1-3,16H,4H2,(H,11,17)(H,12,13,14,15). The Labute approximate surface area is 101 Å². The Morgan fingerprint density at radius 1 is 1.53 bits per heavy atom. The van der Waals surface area contributed by atoms with Crippen molar-refractivity contribution >= 4 is 17.5 Å². The molecule has 0 fully saturated rings. The maximum Gasteiger partial charge on any atom is 0.255 e. The van der Waals surface area contributed by atoms with Crippen LogP contribution in [0.15, 0.2) is 18.2 Å². The number of aromatic amines is 1. The second kappa shape index (κ2) is 4.79. The van der Waals surface area contributed by atoms with Crippen molar-refractivity contribution in [3.63, 3.8) is 0 Å². The first-order valence-corrected chi connectivity index (χ1v) is 5.03. The molecule has 0 spiro atoms. The highest BCUT2D eigenvalue weighted by molar-refractivity contribution is 6.30. The van der Waals surface area contributed by atoms with E-state index in [0.29, 0.717) is 10.8 Å². The molecule has 1 aromatic carbocycles. The third-order valence-electron chi connectivity index (χ3n) is 2.00. The van der Waals surface area contributed by atoms with Gasteiger partial charge < -0.3 is 10.4 Å². The second-order valence-corrected chi connectivity index (χ2v) is 3.61. The number of nitrogens with zero attached hydrogens (tertiary/aromatic N) is 3. The van der Waals surface area contributed by atoms with Crippen LogP contribution in [0.4, 0.5) is 0 Å². The van der Waals surface area contributed by atoms with Crippen molar-refractivity contribution in [1.29, 1.82) is 0 Å². The smallest absolute Gasteiger partial charge is 0.255 e. The summed E-state index contributed by atoms with van der Waals surface area (Å²) in [6.45, 7) is 0.122. The Bertz CT molecular complexity index is 528. The van der Waals surface area contributed by atoms with Gasteiger partial charge in [-0.2, -0.15) is 5.21 Å². The minimum Gasteiger partial charge on any atom is -0.507 e. The molecule has 0 saturated heterocycles. The number of hydrogen-bond acceptors (Lipinski definition) is 5. The van der Waals surface area contributed by atoms with Gasteiger partial charge in [-0.15, -0.1) is 10.2 Å². The Hall–Kier alpha value is -2.15. The molecule has 0 bridgehead atoms. The summed E-state index contributed by atoms with van der Waals surface area (Å²) >= 11 is 5.66. The maximum atomic E-state index is 11.7. The zero-order valence-electron chi connectivity index (χ0n) is 8.51. The van der Waals surface area contributed by atoms with E-state index in [-0.39, 0.29) is 17.9 Å². The van der Waals surface area contributed by atoms with Gasteiger partial charge in [-0.1, -0.05) is 16.8 Å². The SMILES string of the molecule is O=C(NCc1nn[nH]n1)c1ccc(Cl)cc1O. The van der Waals surface area contributed by atoms with Crippen LogP contribution in [0.1, 0.15) is 16.2 Å². The van der Waals surface area contributed by atoms with Crippen LogP contribution in [-0.4, -0.2) is 31.6 Å². The van der Waals surface area contributed by atoms with Crippen LogP contribution in [0.25, 0.3) is 0 Å². The summed E-state index contributed by atoms with van der Waals surface area (Å²) in [6, 6.07) is 4.25. The van der Waals surface area contributed by atoms with Crippen molar-refractivity contribution < 1.29 is 9.90 Å².